The lowest BCUT2D eigenvalue weighted by Crippen LogP contribution is -2.25. The minimum Gasteiger partial charge on any atom is -0.490 e. The first-order chi connectivity index (χ1) is 8.25. The van der Waals surface area contributed by atoms with Gasteiger partial charge in [-0.1, -0.05) is 22.4 Å². The second-order valence-electron chi connectivity index (χ2n) is 4.10. The van der Waals surface area contributed by atoms with E-state index in [1.807, 2.05) is 24.3 Å². The van der Waals surface area contributed by atoms with Crippen molar-refractivity contribution in [2.45, 2.75) is 19.3 Å². The molecule has 1 fully saturated rings. The quantitative estimate of drug-likeness (QED) is 0.619. The first-order valence-electron chi connectivity index (χ1n) is 5.81. The molecule has 1 saturated carbocycles. The van der Waals surface area contributed by atoms with Crippen LogP contribution in [0.3, 0.4) is 0 Å². The Kier molecular flexibility index (Phi) is 4.42. The summed E-state index contributed by atoms with van der Waals surface area (Å²) < 4.78 is 11.6. The fourth-order valence-corrected chi connectivity index (χ4v) is 1.86. The van der Waals surface area contributed by atoms with Crippen molar-refractivity contribution in [1.82, 2.24) is 0 Å². The van der Waals surface area contributed by atoms with Gasteiger partial charge in [-0.15, -0.1) is 0 Å². The number of halogens is 1. The molecular formula is C13H15BrO3. The maximum Gasteiger partial charge on any atom is 0.309 e. The van der Waals surface area contributed by atoms with Crippen molar-refractivity contribution >= 4 is 21.9 Å². The Bertz CT molecular complexity index is 371. The molecule has 0 heterocycles. The Labute approximate surface area is 109 Å². The van der Waals surface area contributed by atoms with E-state index in [-0.39, 0.29) is 11.9 Å². The highest BCUT2D eigenvalue weighted by molar-refractivity contribution is 9.10. The molecule has 0 amide bonds. The summed E-state index contributed by atoms with van der Waals surface area (Å²) in [5.74, 6) is 0.853. The SMILES string of the molecule is O=C(OCCOc1ccc(Br)cc1)C1CCC1. The summed E-state index contributed by atoms with van der Waals surface area (Å²) in [6, 6.07) is 7.57. The molecule has 1 aromatic carbocycles. The van der Waals surface area contributed by atoms with E-state index in [1.54, 1.807) is 0 Å². The molecular weight excluding hydrogens is 284 g/mol. The molecule has 1 aliphatic carbocycles. The van der Waals surface area contributed by atoms with E-state index in [0.29, 0.717) is 13.2 Å². The fourth-order valence-electron chi connectivity index (χ4n) is 1.59. The van der Waals surface area contributed by atoms with Crippen LogP contribution in [0.5, 0.6) is 5.75 Å². The van der Waals surface area contributed by atoms with Crippen molar-refractivity contribution in [2.24, 2.45) is 5.92 Å². The van der Waals surface area contributed by atoms with E-state index in [9.17, 15) is 4.79 Å². The summed E-state index contributed by atoms with van der Waals surface area (Å²) in [4.78, 5) is 11.4. The van der Waals surface area contributed by atoms with Crippen molar-refractivity contribution in [2.75, 3.05) is 13.2 Å². The van der Waals surface area contributed by atoms with Gasteiger partial charge in [-0.05, 0) is 37.1 Å². The van der Waals surface area contributed by atoms with E-state index < -0.39 is 0 Å². The zero-order valence-corrected chi connectivity index (χ0v) is 11.1. The van der Waals surface area contributed by atoms with E-state index in [4.69, 9.17) is 9.47 Å². The third-order valence-electron chi connectivity index (χ3n) is 2.85. The molecule has 1 aliphatic rings. The van der Waals surface area contributed by atoms with Crippen LogP contribution >= 0.6 is 15.9 Å². The van der Waals surface area contributed by atoms with Crippen molar-refractivity contribution in [1.29, 1.82) is 0 Å². The molecule has 0 unspecified atom stereocenters. The maximum absolute atomic E-state index is 11.4. The van der Waals surface area contributed by atoms with Crippen LogP contribution in [0.2, 0.25) is 0 Å². The predicted octanol–water partition coefficient (Wildman–Crippen LogP) is 3.17. The van der Waals surface area contributed by atoms with Gasteiger partial charge >= 0.3 is 5.97 Å². The monoisotopic (exact) mass is 298 g/mol. The van der Waals surface area contributed by atoms with Gasteiger partial charge in [0.1, 0.15) is 19.0 Å². The number of carbonyl (C=O) groups excluding carboxylic acids is 1. The van der Waals surface area contributed by atoms with Crippen molar-refractivity contribution in [3.8, 4) is 5.75 Å². The number of hydrogen-bond acceptors (Lipinski definition) is 3. The minimum atomic E-state index is -0.0735. The number of hydrogen-bond donors (Lipinski definition) is 0. The lowest BCUT2D eigenvalue weighted by Gasteiger charge is -2.22. The van der Waals surface area contributed by atoms with Crippen molar-refractivity contribution in [3.05, 3.63) is 28.7 Å². The maximum atomic E-state index is 11.4. The molecule has 0 aliphatic heterocycles. The highest BCUT2D eigenvalue weighted by atomic mass is 79.9. The number of esters is 1. The Balaban J connectivity index is 1.62. The molecule has 1 aromatic rings. The van der Waals surface area contributed by atoms with Gasteiger partial charge in [-0.3, -0.25) is 4.79 Å². The lowest BCUT2D eigenvalue weighted by molar-refractivity contribution is -0.152. The fraction of sp³-hybridized carbons (Fsp3) is 0.462. The van der Waals surface area contributed by atoms with Crippen LogP contribution in [0.25, 0.3) is 0 Å². The Morgan fingerprint density at radius 2 is 1.94 bits per heavy atom. The molecule has 0 radical (unpaired) electrons. The van der Waals surface area contributed by atoms with Crippen LogP contribution in [-0.2, 0) is 9.53 Å². The van der Waals surface area contributed by atoms with Gasteiger partial charge in [0.2, 0.25) is 0 Å². The molecule has 4 heteroatoms. The van der Waals surface area contributed by atoms with Gasteiger partial charge in [0.05, 0.1) is 5.92 Å². The molecule has 0 saturated heterocycles. The van der Waals surface area contributed by atoms with E-state index in [2.05, 4.69) is 15.9 Å². The van der Waals surface area contributed by atoms with E-state index >= 15 is 0 Å². The summed E-state index contributed by atoms with van der Waals surface area (Å²) in [5.41, 5.74) is 0. The number of ether oxygens (including phenoxy) is 2. The molecule has 2 rings (SSSR count). The molecule has 0 atom stereocenters. The topological polar surface area (TPSA) is 35.5 Å². The lowest BCUT2D eigenvalue weighted by atomic mass is 9.86. The summed E-state index contributed by atoms with van der Waals surface area (Å²) in [6.45, 7) is 0.728. The second kappa shape index (κ2) is 6.05. The smallest absolute Gasteiger partial charge is 0.309 e. The van der Waals surface area contributed by atoms with Gasteiger partial charge in [0, 0.05) is 4.47 Å². The van der Waals surface area contributed by atoms with Crippen LogP contribution in [0.1, 0.15) is 19.3 Å². The molecule has 17 heavy (non-hydrogen) atoms. The van der Waals surface area contributed by atoms with Gasteiger partial charge < -0.3 is 9.47 Å². The van der Waals surface area contributed by atoms with Gasteiger partial charge in [-0.25, -0.2) is 0 Å². The van der Waals surface area contributed by atoms with Crippen molar-refractivity contribution in [3.63, 3.8) is 0 Å². The largest absolute Gasteiger partial charge is 0.490 e. The third kappa shape index (κ3) is 3.73. The van der Waals surface area contributed by atoms with Crippen LogP contribution in [-0.4, -0.2) is 19.2 Å². The Morgan fingerprint density at radius 3 is 2.53 bits per heavy atom. The first kappa shape index (κ1) is 12.4. The van der Waals surface area contributed by atoms with Crippen LogP contribution in [0, 0.1) is 5.92 Å². The Hall–Kier alpha value is -1.03. The highest BCUT2D eigenvalue weighted by Crippen LogP contribution is 2.27. The molecule has 0 N–H and O–H groups in total. The van der Waals surface area contributed by atoms with Crippen LogP contribution in [0.4, 0.5) is 0 Å². The molecule has 0 spiro atoms. The average molecular weight is 299 g/mol. The summed E-state index contributed by atoms with van der Waals surface area (Å²) in [6.07, 6.45) is 3.11. The van der Waals surface area contributed by atoms with E-state index in [0.717, 1.165) is 29.5 Å². The first-order valence-corrected chi connectivity index (χ1v) is 6.60. The van der Waals surface area contributed by atoms with Crippen LogP contribution < -0.4 is 4.74 Å². The number of rotatable bonds is 5. The van der Waals surface area contributed by atoms with Crippen LogP contribution in [0.15, 0.2) is 28.7 Å². The number of carbonyl (C=O) groups is 1. The van der Waals surface area contributed by atoms with Crippen molar-refractivity contribution < 1.29 is 14.3 Å². The third-order valence-corrected chi connectivity index (χ3v) is 3.38. The second-order valence-corrected chi connectivity index (χ2v) is 5.01. The normalized spacial score (nSPS) is 15.1. The van der Waals surface area contributed by atoms with Gasteiger partial charge in [-0.2, -0.15) is 0 Å². The zero-order chi connectivity index (χ0) is 12.1. The molecule has 0 bridgehead atoms. The van der Waals surface area contributed by atoms with Gasteiger partial charge in [0.15, 0.2) is 0 Å². The predicted molar refractivity (Wildman–Crippen MR) is 67.9 cm³/mol. The summed E-state index contributed by atoms with van der Waals surface area (Å²) >= 11 is 3.35. The standard InChI is InChI=1S/C13H15BrO3/c14-11-4-6-12(7-5-11)16-8-9-17-13(15)10-2-1-3-10/h4-7,10H,1-3,8-9H2. The minimum absolute atomic E-state index is 0.0735. The zero-order valence-electron chi connectivity index (χ0n) is 9.52. The van der Waals surface area contributed by atoms with E-state index in [1.165, 1.54) is 0 Å². The molecule has 0 aromatic heterocycles. The average Bonchev–Trinajstić information content (AvgIpc) is 2.24. The number of benzene rings is 1. The Morgan fingerprint density at radius 1 is 1.24 bits per heavy atom. The van der Waals surface area contributed by atoms with Gasteiger partial charge in [0.25, 0.3) is 0 Å². The molecule has 3 nitrogen and oxygen atoms in total. The summed E-state index contributed by atoms with van der Waals surface area (Å²) in [5, 5.41) is 0. The summed E-state index contributed by atoms with van der Waals surface area (Å²) in [7, 11) is 0. The highest BCUT2D eigenvalue weighted by Gasteiger charge is 2.26. The molecule has 92 valence electrons.